The predicted molar refractivity (Wildman–Crippen MR) is 174 cm³/mol. The van der Waals surface area contributed by atoms with E-state index in [4.69, 9.17) is 15.5 Å². The van der Waals surface area contributed by atoms with E-state index in [-0.39, 0.29) is 11.5 Å². The number of benzene rings is 1. The molecule has 10 nitrogen and oxygen atoms in total. The molecule has 10 heteroatoms. The zero-order chi connectivity index (χ0) is 31.5. The molecular formula is C34H47N7O3. The van der Waals surface area contributed by atoms with Crippen LogP contribution in [0.4, 0.5) is 5.82 Å². The van der Waals surface area contributed by atoms with Crippen molar-refractivity contribution in [3.8, 4) is 0 Å². The van der Waals surface area contributed by atoms with Crippen LogP contribution in [0, 0.1) is 5.92 Å². The molecule has 0 unspecified atom stereocenters. The van der Waals surface area contributed by atoms with E-state index in [1.54, 1.807) is 4.57 Å². The molecular weight excluding hydrogens is 554 g/mol. The van der Waals surface area contributed by atoms with Crippen molar-refractivity contribution >= 4 is 33.5 Å². The van der Waals surface area contributed by atoms with Crippen molar-refractivity contribution in [2.75, 3.05) is 12.3 Å². The number of aliphatic hydroxyl groups excluding tert-OH is 2. The second kappa shape index (κ2) is 11.6. The maximum atomic E-state index is 11.1. The summed E-state index contributed by atoms with van der Waals surface area (Å²) in [5.74, 6) is 2.03. The fourth-order valence-corrected chi connectivity index (χ4v) is 6.92. The van der Waals surface area contributed by atoms with Gasteiger partial charge in [-0.15, -0.1) is 0 Å². The van der Waals surface area contributed by atoms with Gasteiger partial charge in [0.2, 0.25) is 0 Å². The van der Waals surface area contributed by atoms with Crippen LogP contribution in [0.15, 0.2) is 37.3 Å². The summed E-state index contributed by atoms with van der Waals surface area (Å²) in [6, 6.07) is 7.23. The summed E-state index contributed by atoms with van der Waals surface area (Å²) in [5, 5.41) is 22.9. The Morgan fingerprint density at radius 1 is 1.20 bits per heavy atom. The van der Waals surface area contributed by atoms with Gasteiger partial charge in [-0.25, -0.2) is 15.0 Å². The third-order valence-electron chi connectivity index (χ3n) is 9.63. The lowest BCUT2D eigenvalue weighted by Gasteiger charge is -2.46. The van der Waals surface area contributed by atoms with Crippen LogP contribution in [0.1, 0.15) is 84.0 Å². The molecule has 0 amide bonds. The van der Waals surface area contributed by atoms with Gasteiger partial charge in [0.25, 0.3) is 0 Å². The van der Waals surface area contributed by atoms with Gasteiger partial charge in [0, 0.05) is 36.8 Å². The average molecular weight is 602 g/mol. The number of nitrogens with zero attached hydrogens (tertiary/aromatic N) is 5. The predicted octanol–water partition coefficient (Wildman–Crippen LogP) is 4.96. The second-order valence-electron chi connectivity index (χ2n) is 14.2. The number of hydrogen-bond donors (Lipinski definition) is 4. The van der Waals surface area contributed by atoms with Crippen molar-refractivity contribution < 1.29 is 14.9 Å². The Kier molecular flexibility index (Phi) is 8.07. The van der Waals surface area contributed by atoms with Crippen molar-refractivity contribution in [3.05, 3.63) is 54.3 Å². The lowest BCUT2D eigenvalue weighted by atomic mass is 9.76. The second-order valence-corrected chi connectivity index (χ2v) is 14.2. The number of H-pyrrole nitrogens is 1. The van der Waals surface area contributed by atoms with Gasteiger partial charge in [0.1, 0.15) is 41.9 Å². The standard InChI is InChI=1S/C34H47N7O3/c1-18(2)23-15-41(32-28(23)31(35)36-17-37-32)33-30(43)29(42)26(44-33)16-40(19(3)4)22-12-20(13-22)8-11-27-38-24-10-9-21(34(5,6)7)14-25(24)39-27/h9-10,14-15,17,19-20,22,26,29-30,33,42-43H,1,8,11-13,16H2,2-7H3,(H,38,39)(H2,35,36,37)/t20-,22-,26-,29-,30-,33-/m1/s1. The fourth-order valence-electron chi connectivity index (χ4n) is 6.92. The van der Waals surface area contributed by atoms with Crippen LogP contribution in [0.5, 0.6) is 0 Å². The number of nitrogens with two attached hydrogens (primary N) is 1. The number of fused-ring (bicyclic) bond motifs is 2. The number of aryl methyl sites for hydroxylation is 1. The van der Waals surface area contributed by atoms with Gasteiger partial charge in [-0.1, -0.05) is 33.4 Å². The average Bonchev–Trinajstić information content (AvgIpc) is 3.60. The van der Waals surface area contributed by atoms with Gasteiger partial charge in [0.05, 0.1) is 16.4 Å². The Balaban J connectivity index is 1.09. The first-order valence-corrected chi connectivity index (χ1v) is 15.8. The molecule has 3 aromatic heterocycles. The minimum atomic E-state index is -1.11. The van der Waals surface area contributed by atoms with Crippen molar-refractivity contribution in [3.63, 3.8) is 0 Å². The van der Waals surface area contributed by atoms with Crippen LogP contribution in [0.25, 0.3) is 27.6 Å². The largest absolute Gasteiger partial charge is 0.387 e. The maximum absolute atomic E-state index is 11.1. The fraction of sp³-hybridized carbons (Fsp3) is 0.559. The highest BCUT2D eigenvalue weighted by molar-refractivity contribution is 5.97. The topological polar surface area (TPSA) is 138 Å². The van der Waals surface area contributed by atoms with Crippen molar-refractivity contribution in [2.24, 2.45) is 5.92 Å². The lowest BCUT2D eigenvalue weighted by Crippen LogP contribution is -2.52. The van der Waals surface area contributed by atoms with E-state index >= 15 is 0 Å². The highest BCUT2D eigenvalue weighted by atomic mass is 16.6. The van der Waals surface area contributed by atoms with Gasteiger partial charge >= 0.3 is 0 Å². The van der Waals surface area contributed by atoms with Crippen molar-refractivity contribution in [2.45, 2.75) is 109 Å². The smallest absolute Gasteiger partial charge is 0.164 e. The Labute approximate surface area is 259 Å². The Morgan fingerprint density at radius 2 is 1.95 bits per heavy atom. The summed E-state index contributed by atoms with van der Waals surface area (Å²) in [6.45, 7) is 17.5. The highest BCUT2D eigenvalue weighted by Gasteiger charge is 2.46. The number of nitrogen functional groups attached to an aromatic ring is 1. The SMILES string of the molecule is C=C(C)c1cn([C@@H]2O[C@H](CN(C(C)C)[C@H]3C[C@H](CCc4nc5cc(C(C)(C)C)ccc5[nH]4)C3)[C@@H](O)[C@H]2O)c2ncnc(N)c12. The molecule has 4 aromatic rings. The Hall–Kier alpha value is -3.31. The molecule has 4 heterocycles. The quantitative estimate of drug-likeness (QED) is 0.211. The summed E-state index contributed by atoms with van der Waals surface area (Å²) < 4.78 is 8.14. The number of allylic oxidation sites excluding steroid dienone is 1. The molecule has 1 aromatic carbocycles. The molecule has 5 N–H and O–H groups in total. The number of ether oxygens (including phenoxy) is 1. The van der Waals surface area contributed by atoms with Crippen LogP contribution in [0.2, 0.25) is 0 Å². The van der Waals surface area contributed by atoms with Gasteiger partial charge < -0.3 is 30.2 Å². The molecule has 0 bridgehead atoms. The van der Waals surface area contributed by atoms with Crippen LogP contribution in [0.3, 0.4) is 0 Å². The van der Waals surface area contributed by atoms with Crippen molar-refractivity contribution in [1.29, 1.82) is 0 Å². The number of anilines is 1. The highest BCUT2D eigenvalue weighted by Crippen LogP contribution is 2.40. The van der Waals surface area contributed by atoms with E-state index in [0.717, 1.165) is 53.7 Å². The summed E-state index contributed by atoms with van der Waals surface area (Å²) >= 11 is 0. The number of hydrogen-bond acceptors (Lipinski definition) is 8. The maximum Gasteiger partial charge on any atom is 0.164 e. The van der Waals surface area contributed by atoms with Gasteiger partial charge in [-0.3, -0.25) is 4.90 Å². The summed E-state index contributed by atoms with van der Waals surface area (Å²) in [7, 11) is 0. The summed E-state index contributed by atoms with van der Waals surface area (Å²) in [5.41, 5.74) is 11.9. The van der Waals surface area contributed by atoms with Gasteiger partial charge in [-0.2, -0.15) is 0 Å². The number of nitrogens with one attached hydrogen (secondary N) is 1. The minimum absolute atomic E-state index is 0.101. The first-order chi connectivity index (χ1) is 20.8. The molecule has 1 aliphatic heterocycles. The molecule has 1 aliphatic carbocycles. The molecule has 2 aliphatic rings. The number of aromatic nitrogens is 5. The number of rotatable bonds is 9. The van der Waals surface area contributed by atoms with E-state index in [1.807, 2.05) is 13.1 Å². The molecule has 1 saturated carbocycles. The lowest BCUT2D eigenvalue weighted by molar-refractivity contribution is -0.0618. The molecule has 236 valence electrons. The zero-order valence-electron chi connectivity index (χ0n) is 26.8. The molecule has 2 fully saturated rings. The number of imidazole rings is 1. The van der Waals surface area contributed by atoms with Crippen molar-refractivity contribution in [1.82, 2.24) is 29.4 Å². The Morgan fingerprint density at radius 3 is 2.64 bits per heavy atom. The summed E-state index contributed by atoms with van der Waals surface area (Å²) in [4.78, 5) is 19.4. The molecule has 4 atom stereocenters. The first-order valence-electron chi connectivity index (χ1n) is 15.8. The number of aliphatic hydroxyl groups is 2. The van der Waals surface area contributed by atoms with E-state index < -0.39 is 24.5 Å². The first kappa shape index (κ1) is 30.7. The molecule has 1 saturated heterocycles. The molecule has 6 rings (SSSR count). The van der Waals surface area contributed by atoms with Crippen LogP contribution in [-0.2, 0) is 16.6 Å². The van der Waals surface area contributed by atoms with E-state index in [2.05, 4.69) is 79.2 Å². The van der Waals surface area contributed by atoms with Crippen LogP contribution in [-0.4, -0.2) is 76.6 Å². The normalized spacial score (nSPS) is 25.9. The number of aromatic amines is 1. The van der Waals surface area contributed by atoms with Crippen LogP contribution < -0.4 is 5.73 Å². The zero-order valence-corrected chi connectivity index (χ0v) is 26.8. The monoisotopic (exact) mass is 601 g/mol. The van der Waals surface area contributed by atoms with E-state index in [0.29, 0.717) is 35.4 Å². The third-order valence-corrected chi connectivity index (χ3v) is 9.63. The van der Waals surface area contributed by atoms with Gasteiger partial charge in [0.15, 0.2) is 6.23 Å². The van der Waals surface area contributed by atoms with E-state index in [1.165, 1.54) is 11.9 Å². The third kappa shape index (κ3) is 5.64. The Bertz CT molecular complexity index is 1660. The van der Waals surface area contributed by atoms with Crippen LogP contribution >= 0.6 is 0 Å². The summed E-state index contributed by atoms with van der Waals surface area (Å²) in [6.07, 6.45) is 3.96. The molecule has 0 spiro atoms. The van der Waals surface area contributed by atoms with Gasteiger partial charge in [-0.05, 0) is 74.6 Å². The molecule has 0 radical (unpaired) electrons. The van der Waals surface area contributed by atoms with E-state index in [9.17, 15) is 10.2 Å². The minimum Gasteiger partial charge on any atom is -0.387 e. The molecule has 44 heavy (non-hydrogen) atoms.